The Bertz CT molecular complexity index is 1180. The highest BCUT2D eigenvalue weighted by molar-refractivity contribution is 7.16. The largest absolute Gasteiger partial charge is 0.439 e. The van der Waals surface area contributed by atoms with Gasteiger partial charge in [-0.3, -0.25) is 0 Å². The fraction of sp³-hybridized carbons (Fsp3) is 0.158. The molecule has 0 aliphatic carbocycles. The van der Waals surface area contributed by atoms with Gasteiger partial charge in [-0.1, -0.05) is 6.07 Å². The number of nitrogens with zero attached hydrogens (tertiary/aromatic N) is 4. The number of fused-ring (bicyclic) bond motifs is 1. The molecule has 154 valence electrons. The number of hydrogen-bond donors (Lipinski definition) is 1. The Morgan fingerprint density at radius 2 is 1.90 bits per heavy atom. The fourth-order valence-corrected chi connectivity index (χ4v) is 3.32. The molecule has 11 heteroatoms. The van der Waals surface area contributed by atoms with Crippen LogP contribution in [-0.2, 0) is 12.6 Å². The Kier molecular flexibility index (Phi) is 5.44. The zero-order valence-corrected chi connectivity index (χ0v) is 16.0. The van der Waals surface area contributed by atoms with Crippen molar-refractivity contribution in [1.29, 1.82) is 0 Å². The molecule has 0 bridgehead atoms. The van der Waals surface area contributed by atoms with Crippen molar-refractivity contribution in [2.45, 2.75) is 12.6 Å². The molecule has 0 aliphatic rings. The third-order valence-electron chi connectivity index (χ3n) is 4.13. The second kappa shape index (κ2) is 8.19. The summed E-state index contributed by atoms with van der Waals surface area (Å²) in [6.45, 7) is 0.399. The van der Waals surface area contributed by atoms with Gasteiger partial charge < -0.3 is 10.1 Å². The highest BCUT2D eigenvalue weighted by atomic mass is 32.1. The molecule has 6 nitrogen and oxygen atoms in total. The minimum atomic E-state index is -4.52. The molecule has 0 fully saturated rings. The van der Waals surface area contributed by atoms with Crippen LogP contribution in [0.3, 0.4) is 0 Å². The van der Waals surface area contributed by atoms with Gasteiger partial charge >= 0.3 is 6.18 Å². The van der Waals surface area contributed by atoms with Crippen LogP contribution >= 0.6 is 11.3 Å². The average Bonchev–Trinajstić information content (AvgIpc) is 3.19. The van der Waals surface area contributed by atoms with Gasteiger partial charge in [0.1, 0.15) is 28.2 Å². The van der Waals surface area contributed by atoms with Crippen molar-refractivity contribution in [1.82, 2.24) is 19.9 Å². The van der Waals surface area contributed by atoms with E-state index in [-0.39, 0.29) is 11.6 Å². The van der Waals surface area contributed by atoms with Gasteiger partial charge in [-0.25, -0.2) is 24.3 Å². The standard InChI is InChI=1S/C19H13F4N5OS/c20-14-8-13(29-15-7-12(4-6-24-15)19(21,22)23)2-1-11(14)3-5-25-17-16-18(27-9-26-17)30-10-28-16/h1-2,4,6-10H,3,5H2,(H,25,26,27). The first kappa shape index (κ1) is 20.0. The monoisotopic (exact) mass is 435 g/mol. The third kappa shape index (κ3) is 4.46. The number of benzene rings is 1. The van der Waals surface area contributed by atoms with Crippen LogP contribution in [0.15, 0.2) is 48.4 Å². The molecule has 0 saturated carbocycles. The van der Waals surface area contributed by atoms with Gasteiger partial charge in [0.05, 0.1) is 11.1 Å². The SMILES string of the molecule is Fc1cc(Oc2cc(C(F)(F)F)ccn2)ccc1CCNc1ncnc2scnc12. The van der Waals surface area contributed by atoms with E-state index in [0.29, 0.717) is 29.9 Å². The number of alkyl halides is 3. The predicted octanol–water partition coefficient (Wildman–Crippen LogP) is 5.09. The number of aromatic nitrogens is 4. The van der Waals surface area contributed by atoms with E-state index in [9.17, 15) is 17.6 Å². The van der Waals surface area contributed by atoms with Gasteiger partial charge in [-0.2, -0.15) is 13.2 Å². The van der Waals surface area contributed by atoms with Gasteiger partial charge in [0.15, 0.2) is 5.82 Å². The quantitative estimate of drug-likeness (QED) is 0.426. The summed E-state index contributed by atoms with van der Waals surface area (Å²) in [6, 6.07) is 5.69. The molecule has 0 unspecified atom stereocenters. The van der Waals surface area contributed by atoms with E-state index in [1.807, 2.05) is 0 Å². The maximum absolute atomic E-state index is 14.4. The van der Waals surface area contributed by atoms with Crippen LogP contribution in [0.1, 0.15) is 11.1 Å². The predicted molar refractivity (Wildman–Crippen MR) is 103 cm³/mol. The van der Waals surface area contributed by atoms with Crippen molar-refractivity contribution in [3.63, 3.8) is 0 Å². The van der Waals surface area contributed by atoms with Crippen LogP contribution in [0.25, 0.3) is 10.3 Å². The van der Waals surface area contributed by atoms with Crippen molar-refractivity contribution < 1.29 is 22.3 Å². The van der Waals surface area contributed by atoms with E-state index in [1.54, 1.807) is 5.51 Å². The average molecular weight is 435 g/mol. The second-order valence-corrected chi connectivity index (χ2v) is 6.97. The highest BCUT2D eigenvalue weighted by Gasteiger charge is 2.31. The molecule has 0 aliphatic heterocycles. The van der Waals surface area contributed by atoms with E-state index >= 15 is 0 Å². The zero-order chi connectivity index (χ0) is 21.1. The summed E-state index contributed by atoms with van der Waals surface area (Å²) in [5.41, 5.74) is 1.84. The summed E-state index contributed by atoms with van der Waals surface area (Å²) in [5, 5.41) is 3.10. The molecule has 3 heterocycles. The maximum Gasteiger partial charge on any atom is 0.416 e. The lowest BCUT2D eigenvalue weighted by Crippen LogP contribution is -2.08. The number of ether oxygens (including phenoxy) is 1. The number of halogens is 4. The van der Waals surface area contributed by atoms with Crippen LogP contribution in [0.5, 0.6) is 11.6 Å². The number of rotatable bonds is 6. The van der Waals surface area contributed by atoms with Crippen LogP contribution in [0.4, 0.5) is 23.4 Å². The number of nitrogens with one attached hydrogen (secondary N) is 1. The van der Waals surface area contributed by atoms with E-state index in [0.717, 1.165) is 29.2 Å². The Morgan fingerprint density at radius 1 is 1.03 bits per heavy atom. The van der Waals surface area contributed by atoms with Crippen molar-refractivity contribution >= 4 is 27.5 Å². The van der Waals surface area contributed by atoms with Gasteiger partial charge in [0.2, 0.25) is 5.88 Å². The van der Waals surface area contributed by atoms with E-state index in [1.165, 1.54) is 29.8 Å². The summed E-state index contributed by atoms with van der Waals surface area (Å²) in [4.78, 5) is 16.9. The first-order valence-electron chi connectivity index (χ1n) is 8.68. The van der Waals surface area contributed by atoms with Crippen molar-refractivity contribution in [3.8, 4) is 11.6 Å². The molecule has 4 rings (SSSR count). The molecule has 0 saturated heterocycles. The molecule has 1 N–H and O–H groups in total. The number of thiazole rings is 1. The highest BCUT2D eigenvalue weighted by Crippen LogP contribution is 2.32. The first-order chi connectivity index (χ1) is 14.4. The molecule has 0 atom stereocenters. The number of anilines is 1. The lowest BCUT2D eigenvalue weighted by atomic mass is 10.1. The molecule has 0 spiro atoms. The molecule has 0 amide bonds. The smallest absolute Gasteiger partial charge is 0.416 e. The minimum Gasteiger partial charge on any atom is -0.439 e. The van der Waals surface area contributed by atoms with E-state index in [4.69, 9.17) is 4.74 Å². The van der Waals surface area contributed by atoms with E-state index < -0.39 is 17.6 Å². The normalized spacial score (nSPS) is 11.6. The number of hydrogen-bond acceptors (Lipinski definition) is 7. The van der Waals surface area contributed by atoms with Crippen molar-refractivity contribution in [3.05, 3.63) is 65.3 Å². The van der Waals surface area contributed by atoms with E-state index in [2.05, 4.69) is 25.3 Å². The van der Waals surface area contributed by atoms with Crippen LogP contribution < -0.4 is 10.1 Å². The summed E-state index contributed by atoms with van der Waals surface area (Å²) in [5.74, 6) is -0.189. The third-order valence-corrected chi connectivity index (χ3v) is 4.86. The maximum atomic E-state index is 14.4. The Balaban J connectivity index is 1.40. The molecular formula is C19H13F4N5OS. The lowest BCUT2D eigenvalue weighted by Gasteiger charge is -2.10. The summed E-state index contributed by atoms with van der Waals surface area (Å²) in [6.07, 6.45) is -1.75. The van der Waals surface area contributed by atoms with Crippen molar-refractivity contribution in [2.75, 3.05) is 11.9 Å². The zero-order valence-electron chi connectivity index (χ0n) is 15.2. The minimum absolute atomic E-state index is 0.0519. The fourth-order valence-electron chi connectivity index (χ4n) is 2.70. The summed E-state index contributed by atoms with van der Waals surface area (Å²) >= 11 is 1.39. The van der Waals surface area contributed by atoms with Crippen molar-refractivity contribution in [2.24, 2.45) is 0 Å². The summed E-state index contributed by atoms with van der Waals surface area (Å²) in [7, 11) is 0. The number of pyridine rings is 1. The molecule has 3 aromatic heterocycles. The van der Waals surface area contributed by atoms with Crippen LogP contribution in [-0.4, -0.2) is 26.5 Å². The van der Waals surface area contributed by atoms with Crippen LogP contribution in [0, 0.1) is 5.82 Å². The Morgan fingerprint density at radius 3 is 2.70 bits per heavy atom. The topological polar surface area (TPSA) is 72.8 Å². The van der Waals surface area contributed by atoms with Gasteiger partial charge in [-0.05, 0) is 24.1 Å². The first-order valence-corrected chi connectivity index (χ1v) is 9.56. The molecule has 0 radical (unpaired) electrons. The lowest BCUT2D eigenvalue weighted by molar-refractivity contribution is -0.137. The molecular weight excluding hydrogens is 422 g/mol. The second-order valence-electron chi connectivity index (χ2n) is 6.14. The Labute approximate surface area is 171 Å². The molecule has 1 aromatic carbocycles. The Hall–Kier alpha value is -3.34. The molecule has 30 heavy (non-hydrogen) atoms. The summed E-state index contributed by atoms with van der Waals surface area (Å²) < 4.78 is 58.0. The molecule has 4 aromatic rings. The van der Waals surface area contributed by atoms with Crippen LogP contribution in [0.2, 0.25) is 0 Å². The van der Waals surface area contributed by atoms with Gasteiger partial charge in [-0.15, -0.1) is 11.3 Å². The van der Waals surface area contributed by atoms with Gasteiger partial charge in [0, 0.05) is 24.9 Å². The van der Waals surface area contributed by atoms with Gasteiger partial charge in [0.25, 0.3) is 0 Å².